The Labute approximate surface area is 93.5 Å². The van der Waals surface area contributed by atoms with Crippen LogP contribution < -0.4 is 5.73 Å². The predicted molar refractivity (Wildman–Crippen MR) is 61.8 cm³/mol. The number of nitrogens with two attached hydrogens (primary N) is 1. The normalized spacial score (nSPS) is 10.5. The zero-order chi connectivity index (χ0) is 10.7. The van der Waals surface area contributed by atoms with Crippen LogP contribution >= 0.6 is 11.6 Å². The quantitative estimate of drug-likeness (QED) is 0.865. The van der Waals surface area contributed by atoms with Gasteiger partial charge >= 0.3 is 0 Å². The third kappa shape index (κ3) is 2.50. The highest BCUT2D eigenvalue weighted by Gasteiger charge is 2.00. The van der Waals surface area contributed by atoms with Crippen LogP contribution in [0.4, 0.5) is 5.69 Å². The summed E-state index contributed by atoms with van der Waals surface area (Å²) in [6.45, 7) is 0.793. The molecule has 0 aliphatic heterocycles. The summed E-state index contributed by atoms with van der Waals surface area (Å²) < 4.78 is 1.82. The fourth-order valence-corrected chi connectivity index (χ4v) is 1.67. The van der Waals surface area contributed by atoms with Crippen molar-refractivity contribution in [3.05, 3.63) is 47.2 Å². The monoisotopic (exact) mass is 221 g/mol. The number of benzene rings is 1. The van der Waals surface area contributed by atoms with Crippen LogP contribution in [0.2, 0.25) is 5.02 Å². The molecule has 0 bridgehead atoms. The van der Waals surface area contributed by atoms with Gasteiger partial charge in [0.05, 0.1) is 11.9 Å². The van der Waals surface area contributed by atoms with Gasteiger partial charge in [-0.25, -0.2) is 0 Å². The highest BCUT2D eigenvalue weighted by atomic mass is 35.5. The van der Waals surface area contributed by atoms with E-state index in [1.807, 2.05) is 35.1 Å². The van der Waals surface area contributed by atoms with Gasteiger partial charge in [0.15, 0.2) is 0 Å². The minimum atomic E-state index is 0.689. The van der Waals surface area contributed by atoms with Crippen molar-refractivity contribution in [2.75, 3.05) is 5.73 Å². The number of hydrogen-bond acceptors (Lipinski definition) is 2. The van der Waals surface area contributed by atoms with Gasteiger partial charge in [0.1, 0.15) is 0 Å². The minimum absolute atomic E-state index is 0.689. The lowest BCUT2D eigenvalue weighted by atomic mass is 10.1. The lowest BCUT2D eigenvalue weighted by Crippen LogP contribution is -2.01. The molecule has 0 saturated heterocycles. The van der Waals surface area contributed by atoms with E-state index < -0.39 is 0 Å². The van der Waals surface area contributed by atoms with Crippen LogP contribution in [0.3, 0.4) is 0 Å². The minimum Gasteiger partial charge on any atom is -0.396 e. The molecule has 1 aromatic heterocycles. The van der Waals surface area contributed by atoms with Crippen molar-refractivity contribution in [2.45, 2.75) is 13.0 Å². The Morgan fingerprint density at radius 3 is 2.80 bits per heavy atom. The van der Waals surface area contributed by atoms with E-state index in [4.69, 9.17) is 17.3 Å². The number of hydrogen-bond donors (Lipinski definition) is 1. The summed E-state index contributed by atoms with van der Waals surface area (Å²) in [7, 11) is 0. The third-order valence-corrected chi connectivity index (χ3v) is 2.59. The molecule has 0 unspecified atom stereocenters. The summed E-state index contributed by atoms with van der Waals surface area (Å²) in [5, 5.41) is 4.91. The average Bonchev–Trinajstić information content (AvgIpc) is 2.63. The molecule has 1 aromatic carbocycles. The molecule has 0 atom stereocenters. The van der Waals surface area contributed by atoms with Gasteiger partial charge in [-0.05, 0) is 18.1 Å². The fraction of sp³-hybridized carbons (Fsp3) is 0.182. The van der Waals surface area contributed by atoms with Gasteiger partial charge in [0.25, 0.3) is 0 Å². The number of anilines is 1. The molecule has 15 heavy (non-hydrogen) atoms. The summed E-state index contributed by atoms with van der Waals surface area (Å²) in [6, 6.07) is 7.83. The van der Waals surface area contributed by atoms with Crippen LogP contribution in [-0.2, 0) is 13.0 Å². The van der Waals surface area contributed by atoms with Crippen LogP contribution in [-0.4, -0.2) is 9.78 Å². The Morgan fingerprint density at radius 1 is 1.33 bits per heavy atom. The molecule has 0 amide bonds. The third-order valence-electron chi connectivity index (χ3n) is 2.22. The second-order valence-corrected chi connectivity index (χ2v) is 3.79. The summed E-state index contributed by atoms with van der Waals surface area (Å²) in [5.41, 5.74) is 7.39. The van der Waals surface area contributed by atoms with E-state index in [1.165, 1.54) is 0 Å². The van der Waals surface area contributed by atoms with Gasteiger partial charge < -0.3 is 5.73 Å². The highest BCUT2D eigenvalue weighted by molar-refractivity contribution is 6.31. The maximum absolute atomic E-state index is 6.04. The molecule has 0 fully saturated rings. The number of rotatable bonds is 3. The largest absolute Gasteiger partial charge is 0.396 e. The Hall–Kier alpha value is -1.48. The van der Waals surface area contributed by atoms with Crippen molar-refractivity contribution < 1.29 is 0 Å². The molecule has 0 radical (unpaired) electrons. The van der Waals surface area contributed by atoms with E-state index in [1.54, 1.807) is 6.20 Å². The van der Waals surface area contributed by atoms with E-state index in [-0.39, 0.29) is 0 Å². The Bertz CT molecular complexity index is 451. The van der Waals surface area contributed by atoms with Gasteiger partial charge in [-0.3, -0.25) is 4.68 Å². The Balaban J connectivity index is 2.02. The van der Waals surface area contributed by atoms with Crippen molar-refractivity contribution in [1.82, 2.24) is 9.78 Å². The second kappa shape index (κ2) is 4.36. The van der Waals surface area contributed by atoms with Crippen molar-refractivity contribution in [2.24, 2.45) is 0 Å². The summed E-state index contributed by atoms with van der Waals surface area (Å²) in [6.07, 6.45) is 4.32. The number of nitrogen functional groups attached to an aromatic ring is 1. The standard InChI is InChI=1S/C11H12ClN3/c12-11-4-2-1-3-9(11)5-6-15-8-10(13)7-14-15/h1-4,7-8H,5-6,13H2. The number of aromatic nitrogens is 2. The van der Waals surface area contributed by atoms with Crippen LogP contribution in [0.15, 0.2) is 36.7 Å². The van der Waals surface area contributed by atoms with Gasteiger partial charge in [-0.1, -0.05) is 29.8 Å². The first-order valence-electron chi connectivity index (χ1n) is 4.77. The van der Waals surface area contributed by atoms with Crippen molar-refractivity contribution in [3.8, 4) is 0 Å². The highest BCUT2D eigenvalue weighted by Crippen LogP contribution is 2.15. The van der Waals surface area contributed by atoms with E-state index in [0.29, 0.717) is 5.69 Å². The predicted octanol–water partition coefficient (Wildman–Crippen LogP) is 2.36. The van der Waals surface area contributed by atoms with Gasteiger partial charge in [-0.2, -0.15) is 5.10 Å². The zero-order valence-electron chi connectivity index (χ0n) is 8.23. The Morgan fingerprint density at radius 2 is 2.13 bits per heavy atom. The molecule has 0 spiro atoms. The molecular formula is C11H12ClN3. The molecule has 0 saturated carbocycles. The molecule has 0 aliphatic rings. The summed E-state index contributed by atoms with van der Waals surface area (Å²) in [5.74, 6) is 0. The first kappa shape index (κ1) is 10.1. The fourth-order valence-electron chi connectivity index (χ4n) is 1.44. The molecule has 4 heteroatoms. The first-order valence-corrected chi connectivity index (χ1v) is 5.15. The van der Waals surface area contributed by atoms with Crippen LogP contribution in [0.5, 0.6) is 0 Å². The number of halogens is 1. The zero-order valence-corrected chi connectivity index (χ0v) is 8.98. The van der Waals surface area contributed by atoms with Gasteiger partial charge in [-0.15, -0.1) is 0 Å². The summed E-state index contributed by atoms with van der Waals surface area (Å²) in [4.78, 5) is 0. The smallest absolute Gasteiger partial charge is 0.0719 e. The SMILES string of the molecule is Nc1cnn(CCc2ccccc2Cl)c1. The maximum Gasteiger partial charge on any atom is 0.0719 e. The number of aryl methyl sites for hydroxylation is 2. The molecule has 2 aromatic rings. The van der Waals surface area contributed by atoms with E-state index in [9.17, 15) is 0 Å². The Kier molecular flexibility index (Phi) is 2.92. The number of nitrogens with zero attached hydrogens (tertiary/aromatic N) is 2. The van der Waals surface area contributed by atoms with Crippen LogP contribution in [0, 0.1) is 0 Å². The molecule has 78 valence electrons. The average molecular weight is 222 g/mol. The van der Waals surface area contributed by atoms with E-state index >= 15 is 0 Å². The second-order valence-electron chi connectivity index (χ2n) is 3.38. The topological polar surface area (TPSA) is 43.8 Å². The van der Waals surface area contributed by atoms with Crippen molar-refractivity contribution in [3.63, 3.8) is 0 Å². The summed E-state index contributed by atoms with van der Waals surface area (Å²) >= 11 is 6.04. The lowest BCUT2D eigenvalue weighted by Gasteiger charge is -2.03. The molecule has 0 aliphatic carbocycles. The van der Waals surface area contributed by atoms with E-state index in [0.717, 1.165) is 23.6 Å². The first-order chi connectivity index (χ1) is 7.25. The van der Waals surface area contributed by atoms with Crippen LogP contribution in [0.1, 0.15) is 5.56 Å². The van der Waals surface area contributed by atoms with E-state index in [2.05, 4.69) is 5.10 Å². The van der Waals surface area contributed by atoms with Crippen molar-refractivity contribution >= 4 is 17.3 Å². The maximum atomic E-state index is 6.04. The van der Waals surface area contributed by atoms with Gasteiger partial charge in [0, 0.05) is 17.8 Å². The molecular weight excluding hydrogens is 210 g/mol. The van der Waals surface area contributed by atoms with Crippen molar-refractivity contribution in [1.29, 1.82) is 0 Å². The molecule has 3 nitrogen and oxygen atoms in total. The lowest BCUT2D eigenvalue weighted by molar-refractivity contribution is 0.615. The molecule has 2 N–H and O–H groups in total. The molecule has 1 heterocycles. The van der Waals surface area contributed by atoms with Gasteiger partial charge in [0.2, 0.25) is 0 Å². The van der Waals surface area contributed by atoms with Crippen LogP contribution in [0.25, 0.3) is 0 Å². The molecule has 2 rings (SSSR count).